The second kappa shape index (κ2) is 7.62. The molecule has 19 heavy (non-hydrogen) atoms. The van der Waals surface area contributed by atoms with Gasteiger partial charge in [-0.15, -0.1) is 11.3 Å². The topological polar surface area (TPSA) is 35.6 Å². The molecule has 2 heterocycles. The zero-order valence-corrected chi connectivity index (χ0v) is 12.4. The molecule has 0 unspecified atom stereocenters. The van der Waals surface area contributed by atoms with Gasteiger partial charge in [-0.3, -0.25) is 4.79 Å². The Morgan fingerprint density at radius 2 is 2.21 bits per heavy atom. The van der Waals surface area contributed by atoms with Gasteiger partial charge in [-0.05, 0) is 24.9 Å². The van der Waals surface area contributed by atoms with Gasteiger partial charge in [-0.1, -0.05) is 6.07 Å². The van der Waals surface area contributed by atoms with Gasteiger partial charge >= 0.3 is 0 Å². The monoisotopic (exact) mass is 281 g/mol. The first-order chi connectivity index (χ1) is 9.25. The average Bonchev–Trinajstić information content (AvgIpc) is 2.96. The summed E-state index contributed by atoms with van der Waals surface area (Å²) in [5, 5.41) is 5.38. The highest BCUT2D eigenvalue weighted by Crippen LogP contribution is 2.09. The molecule has 0 atom stereocenters. The first kappa shape index (κ1) is 14.5. The second-order valence-corrected chi connectivity index (χ2v) is 6.05. The third kappa shape index (κ3) is 4.93. The summed E-state index contributed by atoms with van der Waals surface area (Å²) in [6.45, 7) is 5.46. The van der Waals surface area contributed by atoms with E-state index in [2.05, 4.69) is 34.8 Å². The first-order valence-corrected chi connectivity index (χ1v) is 7.83. The molecular weight excluding hydrogens is 258 g/mol. The molecule has 1 N–H and O–H groups in total. The van der Waals surface area contributed by atoms with Crippen LogP contribution >= 0.6 is 11.3 Å². The highest BCUT2D eigenvalue weighted by molar-refractivity contribution is 7.09. The predicted molar refractivity (Wildman–Crippen MR) is 79.6 cm³/mol. The predicted octanol–water partition coefficient (Wildman–Crippen LogP) is 1.04. The van der Waals surface area contributed by atoms with Crippen molar-refractivity contribution in [2.75, 3.05) is 46.3 Å². The van der Waals surface area contributed by atoms with E-state index in [4.69, 9.17) is 0 Å². The Morgan fingerprint density at radius 3 is 2.89 bits per heavy atom. The highest BCUT2D eigenvalue weighted by Gasteiger charge is 2.16. The van der Waals surface area contributed by atoms with Crippen LogP contribution in [0.4, 0.5) is 0 Å². The van der Waals surface area contributed by atoms with Gasteiger partial charge < -0.3 is 15.1 Å². The fourth-order valence-electron chi connectivity index (χ4n) is 2.23. The number of thiophene rings is 1. The SMILES string of the molecule is CN(CCC(=O)N1CCNCC1)CCc1cccs1. The van der Waals surface area contributed by atoms with Crippen molar-refractivity contribution in [3.63, 3.8) is 0 Å². The van der Waals surface area contributed by atoms with E-state index in [0.717, 1.165) is 45.7 Å². The Labute approximate surface area is 119 Å². The van der Waals surface area contributed by atoms with Crippen LogP contribution in [0.15, 0.2) is 17.5 Å². The van der Waals surface area contributed by atoms with Crippen LogP contribution in [0.25, 0.3) is 0 Å². The Morgan fingerprint density at radius 1 is 1.42 bits per heavy atom. The smallest absolute Gasteiger partial charge is 0.223 e. The third-order valence-electron chi connectivity index (χ3n) is 3.50. The molecule has 1 aliphatic heterocycles. The van der Waals surface area contributed by atoms with Crippen molar-refractivity contribution in [1.82, 2.24) is 15.1 Å². The minimum absolute atomic E-state index is 0.296. The van der Waals surface area contributed by atoms with Gasteiger partial charge in [0.05, 0.1) is 0 Å². The molecule has 0 aliphatic carbocycles. The number of nitrogens with one attached hydrogen (secondary N) is 1. The minimum Gasteiger partial charge on any atom is -0.340 e. The standard InChI is InChI=1S/C14H23N3OS/c1-16(8-4-13-3-2-12-19-13)9-5-14(18)17-10-6-15-7-11-17/h2-3,12,15H,4-11H2,1H3. The van der Waals surface area contributed by atoms with Crippen molar-refractivity contribution in [2.45, 2.75) is 12.8 Å². The van der Waals surface area contributed by atoms with E-state index in [9.17, 15) is 4.79 Å². The van der Waals surface area contributed by atoms with Crippen molar-refractivity contribution in [1.29, 1.82) is 0 Å². The van der Waals surface area contributed by atoms with Gasteiger partial charge in [0.1, 0.15) is 0 Å². The third-order valence-corrected chi connectivity index (χ3v) is 4.43. The van der Waals surface area contributed by atoms with Gasteiger partial charge in [0.15, 0.2) is 0 Å². The maximum absolute atomic E-state index is 12.0. The maximum Gasteiger partial charge on any atom is 0.223 e. The number of hydrogen-bond acceptors (Lipinski definition) is 4. The molecule has 1 aromatic rings. The van der Waals surface area contributed by atoms with Crippen LogP contribution in [0.3, 0.4) is 0 Å². The molecule has 1 aliphatic rings. The summed E-state index contributed by atoms with van der Waals surface area (Å²) in [5.74, 6) is 0.296. The Kier molecular flexibility index (Phi) is 5.82. The van der Waals surface area contributed by atoms with E-state index in [-0.39, 0.29) is 0 Å². The number of hydrogen-bond donors (Lipinski definition) is 1. The Hall–Kier alpha value is -0.910. The summed E-state index contributed by atoms with van der Waals surface area (Å²) in [4.78, 5) is 17.7. The first-order valence-electron chi connectivity index (χ1n) is 6.95. The molecule has 1 aromatic heterocycles. The summed E-state index contributed by atoms with van der Waals surface area (Å²) < 4.78 is 0. The van der Waals surface area contributed by atoms with E-state index < -0.39 is 0 Å². The van der Waals surface area contributed by atoms with Crippen LogP contribution in [0.1, 0.15) is 11.3 Å². The number of piperazine rings is 1. The molecule has 0 bridgehead atoms. The molecule has 1 amide bonds. The van der Waals surface area contributed by atoms with Gasteiger partial charge in [-0.2, -0.15) is 0 Å². The molecule has 106 valence electrons. The van der Waals surface area contributed by atoms with Gasteiger partial charge in [-0.25, -0.2) is 0 Å². The Balaban J connectivity index is 1.62. The average molecular weight is 281 g/mol. The van der Waals surface area contributed by atoms with Crippen LogP contribution in [-0.4, -0.2) is 62.0 Å². The van der Waals surface area contributed by atoms with Crippen molar-refractivity contribution in [3.05, 3.63) is 22.4 Å². The normalized spacial score (nSPS) is 16.0. The molecule has 0 aromatic carbocycles. The second-order valence-electron chi connectivity index (χ2n) is 5.01. The quantitative estimate of drug-likeness (QED) is 0.846. The van der Waals surface area contributed by atoms with E-state index in [1.54, 1.807) is 11.3 Å². The number of carbonyl (C=O) groups is 1. The maximum atomic E-state index is 12.0. The largest absolute Gasteiger partial charge is 0.340 e. The van der Waals surface area contributed by atoms with Crippen LogP contribution in [0.5, 0.6) is 0 Å². The lowest BCUT2D eigenvalue weighted by Gasteiger charge is -2.28. The van der Waals surface area contributed by atoms with Crippen molar-refractivity contribution in [3.8, 4) is 0 Å². The van der Waals surface area contributed by atoms with E-state index >= 15 is 0 Å². The van der Waals surface area contributed by atoms with Crippen molar-refractivity contribution >= 4 is 17.2 Å². The summed E-state index contributed by atoms with van der Waals surface area (Å²) >= 11 is 1.80. The number of nitrogens with zero attached hydrogens (tertiary/aromatic N) is 2. The van der Waals surface area contributed by atoms with Gasteiger partial charge in [0, 0.05) is 50.6 Å². The molecule has 2 rings (SSSR count). The molecule has 1 fully saturated rings. The zero-order valence-electron chi connectivity index (χ0n) is 11.6. The van der Waals surface area contributed by atoms with Crippen LogP contribution < -0.4 is 5.32 Å². The molecule has 0 saturated carbocycles. The molecule has 1 saturated heterocycles. The summed E-state index contributed by atoms with van der Waals surface area (Å²) in [6.07, 6.45) is 1.72. The van der Waals surface area contributed by atoms with Crippen molar-refractivity contribution in [2.24, 2.45) is 0 Å². The number of likely N-dealkylation sites (N-methyl/N-ethyl adjacent to an activating group) is 1. The van der Waals surface area contributed by atoms with E-state index in [1.807, 2.05) is 4.90 Å². The molecule has 0 radical (unpaired) electrons. The fraction of sp³-hybridized carbons (Fsp3) is 0.643. The van der Waals surface area contributed by atoms with Crippen molar-refractivity contribution < 1.29 is 4.79 Å². The van der Waals surface area contributed by atoms with Crippen LogP contribution in [0.2, 0.25) is 0 Å². The Bertz CT molecular complexity index is 374. The molecule has 5 heteroatoms. The summed E-state index contributed by atoms with van der Waals surface area (Å²) in [5.41, 5.74) is 0. The summed E-state index contributed by atoms with van der Waals surface area (Å²) in [7, 11) is 2.10. The van der Waals surface area contributed by atoms with E-state index in [1.165, 1.54) is 4.88 Å². The molecule has 0 spiro atoms. The highest BCUT2D eigenvalue weighted by atomic mass is 32.1. The van der Waals surface area contributed by atoms with E-state index in [0.29, 0.717) is 12.3 Å². The number of rotatable bonds is 6. The zero-order chi connectivity index (χ0) is 13.5. The molecule has 4 nitrogen and oxygen atoms in total. The lowest BCUT2D eigenvalue weighted by atomic mass is 10.2. The summed E-state index contributed by atoms with van der Waals surface area (Å²) in [6, 6.07) is 4.26. The molecular formula is C14H23N3OS. The number of amides is 1. The lowest BCUT2D eigenvalue weighted by Crippen LogP contribution is -2.47. The van der Waals surface area contributed by atoms with Crippen LogP contribution in [-0.2, 0) is 11.2 Å². The fourth-order valence-corrected chi connectivity index (χ4v) is 2.92. The van der Waals surface area contributed by atoms with Crippen LogP contribution in [0, 0.1) is 0 Å². The number of carbonyl (C=O) groups excluding carboxylic acids is 1. The van der Waals surface area contributed by atoms with Gasteiger partial charge in [0.2, 0.25) is 5.91 Å². The van der Waals surface area contributed by atoms with Gasteiger partial charge in [0.25, 0.3) is 0 Å². The lowest BCUT2D eigenvalue weighted by molar-refractivity contribution is -0.132. The minimum atomic E-state index is 0.296.